The molecule has 1 saturated carbocycles. The number of amides is 1. The Kier molecular flexibility index (Phi) is 4.01. The van der Waals surface area contributed by atoms with Gasteiger partial charge in [0, 0.05) is 12.6 Å². The van der Waals surface area contributed by atoms with Crippen molar-refractivity contribution < 1.29 is 9.90 Å². The van der Waals surface area contributed by atoms with E-state index in [9.17, 15) is 9.90 Å². The van der Waals surface area contributed by atoms with Gasteiger partial charge in [-0.25, -0.2) is 0 Å². The minimum Gasteiger partial charge on any atom is -0.393 e. The van der Waals surface area contributed by atoms with Crippen LogP contribution in [0.25, 0.3) is 0 Å². The van der Waals surface area contributed by atoms with Gasteiger partial charge in [0.25, 0.3) is 5.91 Å². The predicted octanol–water partition coefficient (Wildman–Crippen LogP) is 1.24. The number of aliphatic hydroxyl groups is 1. The molecule has 1 aliphatic rings. The molecule has 1 fully saturated rings. The summed E-state index contributed by atoms with van der Waals surface area (Å²) >= 11 is 0. The third-order valence-corrected chi connectivity index (χ3v) is 3.47. The highest BCUT2D eigenvalue weighted by Crippen LogP contribution is 2.18. The van der Waals surface area contributed by atoms with Crippen molar-refractivity contribution in [3.05, 3.63) is 17.5 Å². The maximum atomic E-state index is 12.2. The Morgan fingerprint density at radius 1 is 1.50 bits per heavy atom. The fraction of sp³-hybridized carbons (Fsp3) is 0.692. The molecule has 0 unspecified atom stereocenters. The van der Waals surface area contributed by atoms with Gasteiger partial charge in [0.15, 0.2) is 0 Å². The molecule has 0 radical (unpaired) electrons. The van der Waals surface area contributed by atoms with Crippen LogP contribution in [-0.2, 0) is 6.54 Å². The SMILES string of the molecule is CCn1nc(C)cc1C(=O)NC1CCC(O)CC1. The first-order chi connectivity index (χ1) is 8.60. The summed E-state index contributed by atoms with van der Waals surface area (Å²) in [6.45, 7) is 4.56. The highest BCUT2D eigenvalue weighted by Gasteiger charge is 2.22. The van der Waals surface area contributed by atoms with Crippen LogP contribution in [0.5, 0.6) is 0 Å². The predicted molar refractivity (Wildman–Crippen MR) is 68.4 cm³/mol. The lowest BCUT2D eigenvalue weighted by Crippen LogP contribution is -2.39. The maximum absolute atomic E-state index is 12.2. The quantitative estimate of drug-likeness (QED) is 0.849. The number of hydrogen-bond donors (Lipinski definition) is 2. The summed E-state index contributed by atoms with van der Waals surface area (Å²) in [5, 5.41) is 16.7. The second-order valence-corrected chi connectivity index (χ2v) is 4.97. The van der Waals surface area contributed by atoms with Gasteiger partial charge in [0.2, 0.25) is 0 Å². The minimum atomic E-state index is -0.193. The number of aromatic nitrogens is 2. The number of nitrogens with one attached hydrogen (secondary N) is 1. The molecular weight excluding hydrogens is 230 g/mol. The normalized spacial score (nSPS) is 23.9. The average molecular weight is 251 g/mol. The van der Waals surface area contributed by atoms with E-state index >= 15 is 0 Å². The monoisotopic (exact) mass is 251 g/mol. The highest BCUT2D eigenvalue weighted by atomic mass is 16.3. The van der Waals surface area contributed by atoms with E-state index in [0.717, 1.165) is 31.4 Å². The first-order valence-corrected chi connectivity index (χ1v) is 6.63. The van der Waals surface area contributed by atoms with E-state index in [0.29, 0.717) is 12.2 Å². The van der Waals surface area contributed by atoms with Crippen LogP contribution in [0, 0.1) is 6.92 Å². The molecule has 5 nitrogen and oxygen atoms in total. The van der Waals surface area contributed by atoms with Gasteiger partial charge in [-0.3, -0.25) is 9.48 Å². The summed E-state index contributed by atoms with van der Waals surface area (Å²) in [7, 11) is 0. The molecule has 100 valence electrons. The largest absolute Gasteiger partial charge is 0.393 e. The van der Waals surface area contributed by atoms with Gasteiger partial charge < -0.3 is 10.4 Å². The molecule has 0 spiro atoms. The highest BCUT2D eigenvalue weighted by molar-refractivity contribution is 5.92. The molecule has 0 saturated heterocycles. The van der Waals surface area contributed by atoms with Gasteiger partial charge in [-0.1, -0.05) is 0 Å². The van der Waals surface area contributed by atoms with Crippen LogP contribution in [0.4, 0.5) is 0 Å². The number of nitrogens with zero attached hydrogens (tertiary/aromatic N) is 2. The Labute approximate surface area is 107 Å². The van der Waals surface area contributed by atoms with Crippen molar-refractivity contribution >= 4 is 5.91 Å². The molecule has 0 aliphatic heterocycles. The van der Waals surface area contributed by atoms with Crippen molar-refractivity contribution in [3.8, 4) is 0 Å². The van der Waals surface area contributed by atoms with Gasteiger partial charge >= 0.3 is 0 Å². The van der Waals surface area contributed by atoms with Crippen LogP contribution in [0.15, 0.2) is 6.07 Å². The van der Waals surface area contributed by atoms with E-state index in [4.69, 9.17) is 0 Å². The van der Waals surface area contributed by atoms with E-state index < -0.39 is 0 Å². The molecule has 0 atom stereocenters. The van der Waals surface area contributed by atoms with Crippen molar-refractivity contribution in [1.82, 2.24) is 15.1 Å². The summed E-state index contributed by atoms with van der Waals surface area (Å²) in [4.78, 5) is 12.2. The third kappa shape index (κ3) is 2.90. The van der Waals surface area contributed by atoms with Gasteiger partial charge in [-0.15, -0.1) is 0 Å². The minimum absolute atomic E-state index is 0.0566. The summed E-state index contributed by atoms with van der Waals surface area (Å²) in [6.07, 6.45) is 3.06. The summed E-state index contributed by atoms with van der Waals surface area (Å²) in [5.74, 6) is -0.0566. The lowest BCUT2D eigenvalue weighted by Gasteiger charge is -2.26. The number of carbonyl (C=O) groups is 1. The Morgan fingerprint density at radius 3 is 2.78 bits per heavy atom. The Balaban J connectivity index is 1.99. The molecule has 1 aromatic rings. The van der Waals surface area contributed by atoms with Crippen LogP contribution < -0.4 is 5.32 Å². The fourth-order valence-electron chi connectivity index (χ4n) is 2.45. The first kappa shape index (κ1) is 13.1. The number of aryl methyl sites for hydroxylation is 2. The van der Waals surface area contributed by atoms with E-state index in [2.05, 4.69) is 10.4 Å². The first-order valence-electron chi connectivity index (χ1n) is 6.63. The number of rotatable bonds is 3. The number of carbonyl (C=O) groups excluding carboxylic acids is 1. The molecule has 18 heavy (non-hydrogen) atoms. The van der Waals surface area contributed by atoms with Crippen molar-refractivity contribution in [2.75, 3.05) is 0 Å². The van der Waals surface area contributed by atoms with Crippen molar-refractivity contribution in [2.45, 2.75) is 58.2 Å². The van der Waals surface area contributed by atoms with Crippen LogP contribution in [0.1, 0.15) is 48.8 Å². The Morgan fingerprint density at radius 2 is 2.17 bits per heavy atom. The van der Waals surface area contributed by atoms with Crippen LogP contribution in [0.3, 0.4) is 0 Å². The van der Waals surface area contributed by atoms with Gasteiger partial charge in [0.1, 0.15) is 5.69 Å². The van der Waals surface area contributed by atoms with E-state index in [1.165, 1.54) is 0 Å². The standard InChI is InChI=1S/C13H21N3O2/c1-3-16-12(8-9(2)15-16)13(18)14-10-4-6-11(17)7-5-10/h8,10-11,17H,3-7H2,1-2H3,(H,14,18). The average Bonchev–Trinajstić information content (AvgIpc) is 2.73. The molecule has 2 rings (SSSR count). The van der Waals surface area contributed by atoms with Crippen molar-refractivity contribution in [3.63, 3.8) is 0 Å². The van der Waals surface area contributed by atoms with Gasteiger partial charge in [-0.2, -0.15) is 5.10 Å². The van der Waals surface area contributed by atoms with Gasteiger partial charge in [-0.05, 0) is 45.6 Å². The maximum Gasteiger partial charge on any atom is 0.269 e. The molecule has 0 aromatic carbocycles. The number of hydrogen-bond acceptors (Lipinski definition) is 3. The molecular formula is C13H21N3O2. The van der Waals surface area contributed by atoms with Crippen molar-refractivity contribution in [1.29, 1.82) is 0 Å². The van der Waals surface area contributed by atoms with Crippen molar-refractivity contribution in [2.24, 2.45) is 0 Å². The van der Waals surface area contributed by atoms with Crippen LogP contribution >= 0.6 is 0 Å². The van der Waals surface area contributed by atoms with Crippen LogP contribution in [0.2, 0.25) is 0 Å². The number of aliphatic hydroxyl groups excluding tert-OH is 1. The molecule has 0 bridgehead atoms. The molecule has 5 heteroatoms. The summed E-state index contributed by atoms with van der Waals surface area (Å²) in [5.41, 5.74) is 1.49. The third-order valence-electron chi connectivity index (χ3n) is 3.47. The second-order valence-electron chi connectivity index (χ2n) is 4.97. The Hall–Kier alpha value is -1.36. The smallest absolute Gasteiger partial charge is 0.269 e. The lowest BCUT2D eigenvalue weighted by atomic mass is 9.93. The van der Waals surface area contributed by atoms with Gasteiger partial charge in [0.05, 0.1) is 11.8 Å². The fourth-order valence-corrected chi connectivity index (χ4v) is 2.45. The van der Waals surface area contributed by atoms with E-state index in [1.807, 2.05) is 19.9 Å². The van der Waals surface area contributed by atoms with E-state index in [1.54, 1.807) is 4.68 Å². The zero-order valence-electron chi connectivity index (χ0n) is 11.0. The van der Waals surface area contributed by atoms with Crippen LogP contribution in [-0.4, -0.2) is 32.9 Å². The molecule has 1 aliphatic carbocycles. The molecule has 1 amide bonds. The molecule has 1 aromatic heterocycles. The second kappa shape index (κ2) is 5.52. The zero-order chi connectivity index (χ0) is 13.1. The molecule has 1 heterocycles. The summed E-state index contributed by atoms with van der Waals surface area (Å²) in [6, 6.07) is 2.00. The lowest BCUT2D eigenvalue weighted by molar-refractivity contribution is 0.0858. The topological polar surface area (TPSA) is 67.2 Å². The van der Waals surface area contributed by atoms with E-state index in [-0.39, 0.29) is 18.1 Å². The Bertz CT molecular complexity index is 420. The molecule has 2 N–H and O–H groups in total. The summed E-state index contributed by atoms with van der Waals surface area (Å²) < 4.78 is 1.72. The zero-order valence-corrected chi connectivity index (χ0v) is 11.0.